The van der Waals surface area contributed by atoms with E-state index in [-0.39, 0.29) is 0 Å². The fourth-order valence-corrected chi connectivity index (χ4v) is 2.62. The molecule has 3 heteroatoms. The van der Waals surface area contributed by atoms with Gasteiger partial charge in [-0.2, -0.15) is 5.10 Å². The highest BCUT2D eigenvalue weighted by atomic mass is 15.2. The molecule has 0 aliphatic rings. The summed E-state index contributed by atoms with van der Waals surface area (Å²) in [5, 5.41) is 7.96. The van der Waals surface area contributed by atoms with E-state index in [1.165, 1.54) is 31.2 Å². The van der Waals surface area contributed by atoms with Crippen LogP contribution in [0.2, 0.25) is 0 Å². The normalized spacial score (nSPS) is 13.2. The van der Waals surface area contributed by atoms with Gasteiger partial charge in [0.2, 0.25) is 0 Å². The number of rotatable bonds is 9. The molecule has 1 rings (SSSR count). The predicted octanol–water partition coefficient (Wildman–Crippen LogP) is 3.16. The summed E-state index contributed by atoms with van der Waals surface area (Å²) in [6, 6.07) is 0.653. The molecule has 3 nitrogen and oxygen atoms in total. The molecule has 1 aromatic heterocycles. The summed E-state index contributed by atoms with van der Waals surface area (Å²) in [6.45, 7) is 7.98. The summed E-state index contributed by atoms with van der Waals surface area (Å²) in [7, 11) is 1.98. The first kappa shape index (κ1) is 15.2. The van der Waals surface area contributed by atoms with Crippen LogP contribution >= 0.6 is 0 Å². The van der Waals surface area contributed by atoms with Gasteiger partial charge in [0.1, 0.15) is 0 Å². The van der Waals surface area contributed by atoms with Gasteiger partial charge in [-0.1, -0.05) is 33.6 Å². The SMILES string of the molecule is CCCNC(CCc1cnn(C)c1)C(CC)CC. The molecule has 0 saturated carbocycles. The van der Waals surface area contributed by atoms with Crippen LogP contribution in [-0.2, 0) is 13.5 Å². The smallest absolute Gasteiger partial charge is 0.0521 e. The molecule has 1 unspecified atom stereocenters. The molecule has 0 fully saturated rings. The molecule has 0 aromatic carbocycles. The van der Waals surface area contributed by atoms with Crippen LogP contribution in [0.15, 0.2) is 12.4 Å². The largest absolute Gasteiger partial charge is 0.314 e. The highest BCUT2D eigenvalue weighted by Crippen LogP contribution is 2.18. The number of nitrogens with one attached hydrogen (secondary N) is 1. The lowest BCUT2D eigenvalue weighted by molar-refractivity contribution is 0.318. The van der Waals surface area contributed by atoms with E-state index >= 15 is 0 Å². The van der Waals surface area contributed by atoms with Gasteiger partial charge in [0, 0.05) is 19.3 Å². The molecule has 18 heavy (non-hydrogen) atoms. The van der Waals surface area contributed by atoms with Gasteiger partial charge in [-0.25, -0.2) is 0 Å². The zero-order valence-electron chi connectivity index (χ0n) is 12.4. The Bertz CT molecular complexity index is 315. The number of nitrogens with zero attached hydrogens (tertiary/aromatic N) is 2. The summed E-state index contributed by atoms with van der Waals surface area (Å²) in [5.41, 5.74) is 1.35. The zero-order valence-corrected chi connectivity index (χ0v) is 12.4. The van der Waals surface area contributed by atoms with Crippen LogP contribution < -0.4 is 5.32 Å². The third-order valence-electron chi connectivity index (χ3n) is 3.78. The summed E-state index contributed by atoms with van der Waals surface area (Å²) >= 11 is 0. The molecule has 0 spiro atoms. The number of hydrogen-bond acceptors (Lipinski definition) is 2. The van der Waals surface area contributed by atoms with E-state index in [0.717, 1.165) is 18.9 Å². The molecular formula is C15H29N3. The Kier molecular flexibility index (Phi) is 7.02. The lowest BCUT2D eigenvalue weighted by Gasteiger charge is -2.26. The second kappa shape index (κ2) is 8.30. The topological polar surface area (TPSA) is 29.9 Å². The fraction of sp³-hybridized carbons (Fsp3) is 0.800. The van der Waals surface area contributed by atoms with E-state index in [1.54, 1.807) is 0 Å². The standard InChI is InChI=1S/C15H29N3/c1-5-10-16-15(14(6-2)7-3)9-8-13-11-17-18(4)12-13/h11-12,14-16H,5-10H2,1-4H3. The van der Waals surface area contributed by atoms with E-state index < -0.39 is 0 Å². The van der Waals surface area contributed by atoms with E-state index in [9.17, 15) is 0 Å². The molecule has 0 aliphatic heterocycles. The zero-order chi connectivity index (χ0) is 13.4. The van der Waals surface area contributed by atoms with Gasteiger partial charge >= 0.3 is 0 Å². The van der Waals surface area contributed by atoms with Crippen molar-refractivity contribution in [2.75, 3.05) is 6.54 Å². The van der Waals surface area contributed by atoms with Gasteiger partial charge in [0.25, 0.3) is 0 Å². The molecule has 1 aromatic rings. The van der Waals surface area contributed by atoms with Gasteiger partial charge in [0.05, 0.1) is 6.20 Å². The van der Waals surface area contributed by atoms with Gasteiger partial charge in [-0.05, 0) is 37.3 Å². The second-order valence-electron chi connectivity index (χ2n) is 5.20. The summed E-state index contributed by atoms with van der Waals surface area (Å²) in [4.78, 5) is 0. The molecule has 0 amide bonds. The predicted molar refractivity (Wildman–Crippen MR) is 77.7 cm³/mol. The Balaban J connectivity index is 2.49. The van der Waals surface area contributed by atoms with Gasteiger partial charge in [-0.3, -0.25) is 4.68 Å². The first-order chi connectivity index (χ1) is 8.71. The second-order valence-corrected chi connectivity index (χ2v) is 5.20. The molecule has 104 valence electrons. The fourth-order valence-electron chi connectivity index (χ4n) is 2.62. The van der Waals surface area contributed by atoms with Crippen molar-refractivity contribution in [3.8, 4) is 0 Å². The average Bonchev–Trinajstić information content (AvgIpc) is 2.79. The van der Waals surface area contributed by atoms with Crippen molar-refractivity contribution >= 4 is 0 Å². The van der Waals surface area contributed by atoms with Gasteiger partial charge in [-0.15, -0.1) is 0 Å². The number of hydrogen-bond donors (Lipinski definition) is 1. The minimum atomic E-state index is 0.653. The van der Waals surface area contributed by atoms with Crippen LogP contribution in [0.5, 0.6) is 0 Å². The van der Waals surface area contributed by atoms with Crippen molar-refractivity contribution in [3.63, 3.8) is 0 Å². The Hall–Kier alpha value is -0.830. The van der Waals surface area contributed by atoms with Crippen molar-refractivity contribution in [1.29, 1.82) is 0 Å². The third kappa shape index (κ3) is 4.81. The van der Waals surface area contributed by atoms with Crippen LogP contribution in [0, 0.1) is 5.92 Å². The maximum absolute atomic E-state index is 4.24. The molecule has 0 saturated heterocycles. The maximum Gasteiger partial charge on any atom is 0.0521 e. The summed E-state index contributed by atoms with van der Waals surface area (Å²) in [6.07, 6.45) is 10.2. The van der Waals surface area contributed by atoms with Crippen molar-refractivity contribution in [2.24, 2.45) is 13.0 Å². The Morgan fingerprint density at radius 3 is 2.50 bits per heavy atom. The Morgan fingerprint density at radius 2 is 2.00 bits per heavy atom. The average molecular weight is 251 g/mol. The highest BCUT2D eigenvalue weighted by Gasteiger charge is 2.17. The van der Waals surface area contributed by atoms with Crippen LogP contribution in [0.1, 0.15) is 52.0 Å². The third-order valence-corrected chi connectivity index (χ3v) is 3.78. The molecule has 1 atom stereocenters. The van der Waals surface area contributed by atoms with E-state index in [0.29, 0.717) is 6.04 Å². The minimum absolute atomic E-state index is 0.653. The van der Waals surface area contributed by atoms with Crippen molar-refractivity contribution in [2.45, 2.75) is 58.9 Å². The van der Waals surface area contributed by atoms with Crippen molar-refractivity contribution in [1.82, 2.24) is 15.1 Å². The number of aromatic nitrogens is 2. The van der Waals surface area contributed by atoms with Crippen LogP contribution in [-0.4, -0.2) is 22.4 Å². The quantitative estimate of drug-likeness (QED) is 0.730. The summed E-state index contributed by atoms with van der Waals surface area (Å²) in [5.74, 6) is 0.799. The first-order valence-electron chi connectivity index (χ1n) is 7.42. The van der Waals surface area contributed by atoms with Gasteiger partial charge in [0.15, 0.2) is 0 Å². The van der Waals surface area contributed by atoms with E-state index in [1.807, 2.05) is 17.9 Å². The van der Waals surface area contributed by atoms with Crippen molar-refractivity contribution in [3.05, 3.63) is 18.0 Å². The van der Waals surface area contributed by atoms with Crippen LogP contribution in [0.25, 0.3) is 0 Å². The molecular weight excluding hydrogens is 222 g/mol. The highest BCUT2D eigenvalue weighted by molar-refractivity contribution is 5.04. The monoisotopic (exact) mass is 251 g/mol. The summed E-state index contributed by atoms with van der Waals surface area (Å²) < 4.78 is 1.89. The molecule has 1 N–H and O–H groups in total. The Labute approximate surface area is 112 Å². The van der Waals surface area contributed by atoms with Gasteiger partial charge < -0.3 is 5.32 Å². The van der Waals surface area contributed by atoms with E-state index in [4.69, 9.17) is 0 Å². The van der Waals surface area contributed by atoms with Crippen LogP contribution in [0.3, 0.4) is 0 Å². The number of aryl methyl sites for hydroxylation is 2. The Morgan fingerprint density at radius 1 is 1.28 bits per heavy atom. The maximum atomic E-state index is 4.24. The lowest BCUT2D eigenvalue weighted by Crippen LogP contribution is -2.36. The van der Waals surface area contributed by atoms with Crippen LogP contribution in [0.4, 0.5) is 0 Å². The van der Waals surface area contributed by atoms with Crippen molar-refractivity contribution < 1.29 is 0 Å². The molecule has 0 radical (unpaired) electrons. The molecule has 0 aliphatic carbocycles. The minimum Gasteiger partial charge on any atom is -0.314 e. The first-order valence-corrected chi connectivity index (χ1v) is 7.42. The molecule has 0 bridgehead atoms. The lowest BCUT2D eigenvalue weighted by atomic mass is 9.90. The molecule has 1 heterocycles. The van der Waals surface area contributed by atoms with E-state index in [2.05, 4.69) is 37.4 Å².